The molecular weight excluding hydrogens is 459 g/mol. The number of halogens is 2. The summed E-state index contributed by atoms with van der Waals surface area (Å²) in [6.07, 6.45) is 1.20. The minimum Gasteiger partial charge on any atom is -0.371 e. The monoisotopic (exact) mass is 484 g/mol. The maximum absolute atomic E-state index is 5.92. The summed E-state index contributed by atoms with van der Waals surface area (Å²) in [5.74, 6) is 1.47. The normalized spacial score (nSPS) is 16.9. The topological polar surface area (TPSA) is 39.7 Å². The van der Waals surface area contributed by atoms with Crippen molar-refractivity contribution < 1.29 is 0 Å². The van der Waals surface area contributed by atoms with Gasteiger partial charge in [0, 0.05) is 43.9 Å². The van der Waals surface area contributed by atoms with Gasteiger partial charge in [-0.2, -0.15) is 0 Å². The molecular formula is C20H26ClIN4. The number of para-hydroxylation sites is 1. The van der Waals surface area contributed by atoms with E-state index in [0.717, 1.165) is 37.2 Å². The molecule has 0 saturated carbocycles. The smallest absolute Gasteiger partial charge is 0.191 e. The highest BCUT2D eigenvalue weighted by Crippen LogP contribution is 2.22. The molecule has 1 aliphatic rings. The first-order chi connectivity index (χ1) is 12.2. The molecule has 3 rings (SSSR count). The molecule has 6 heteroatoms. The highest BCUT2D eigenvalue weighted by Gasteiger charge is 2.22. The van der Waals surface area contributed by atoms with Crippen molar-refractivity contribution in [3.05, 3.63) is 65.2 Å². The number of benzene rings is 2. The molecule has 1 heterocycles. The predicted octanol–water partition coefficient (Wildman–Crippen LogP) is 4.15. The maximum Gasteiger partial charge on any atom is 0.191 e. The molecule has 2 aromatic carbocycles. The van der Waals surface area contributed by atoms with Gasteiger partial charge in [0.1, 0.15) is 0 Å². The van der Waals surface area contributed by atoms with Crippen LogP contribution in [0.25, 0.3) is 0 Å². The number of rotatable bonds is 5. The highest BCUT2D eigenvalue weighted by molar-refractivity contribution is 14.0. The second-order valence-corrected chi connectivity index (χ2v) is 6.81. The van der Waals surface area contributed by atoms with Crippen molar-refractivity contribution in [2.75, 3.05) is 31.6 Å². The van der Waals surface area contributed by atoms with E-state index in [1.165, 1.54) is 17.7 Å². The lowest BCUT2D eigenvalue weighted by molar-refractivity contribution is 0.565. The molecule has 1 saturated heterocycles. The third-order valence-corrected chi connectivity index (χ3v) is 4.81. The number of guanidine groups is 1. The number of nitrogens with zero attached hydrogens (tertiary/aromatic N) is 2. The lowest BCUT2D eigenvalue weighted by atomic mass is 10.1. The average molecular weight is 485 g/mol. The highest BCUT2D eigenvalue weighted by atomic mass is 127. The molecule has 140 valence electrons. The van der Waals surface area contributed by atoms with Gasteiger partial charge in [-0.3, -0.25) is 4.99 Å². The first-order valence-electron chi connectivity index (χ1n) is 8.73. The van der Waals surface area contributed by atoms with E-state index < -0.39 is 0 Å². The fraction of sp³-hybridized carbons (Fsp3) is 0.350. The van der Waals surface area contributed by atoms with Crippen molar-refractivity contribution in [1.82, 2.24) is 10.6 Å². The summed E-state index contributed by atoms with van der Waals surface area (Å²) in [5.41, 5.74) is 2.50. The zero-order valence-electron chi connectivity index (χ0n) is 15.0. The summed E-state index contributed by atoms with van der Waals surface area (Å²) in [5, 5.41) is 7.57. The Labute approximate surface area is 178 Å². The van der Waals surface area contributed by atoms with Gasteiger partial charge in [0.05, 0.1) is 0 Å². The van der Waals surface area contributed by atoms with Crippen LogP contribution in [0.15, 0.2) is 59.6 Å². The maximum atomic E-state index is 5.92. The summed E-state index contributed by atoms with van der Waals surface area (Å²) in [4.78, 5) is 6.77. The van der Waals surface area contributed by atoms with E-state index >= 15 is 0 Å². The van der Waals surface area contributed by atoms with Crippen LogP contribution >= 0.6 is 35.6 Å². The zero-order chi connectivity index (χ0) is 17.5. The van der Waals surface area contributed by atoms with Gasteiger partial charge in [0.2, 0.25) is 0 Å². The summed E-state index contributed by atoms with van der Waals surface area (Å²) in [6, 6.07) is 18.5. The number of hydrogen-bond acceptors (Lipinski definition) is 2. The molecule has 1 unspecified atom stereocenters. The molecule has 2 aromatic rings. The van der Waals surface area contributed by atoms with Crippen LogP contribution in [-0.2, 0) is 6.54 Å². The Bertz CT molecular complexity index is 691. The van der Waals surface area contributed by atoms with Gasteiger partial charge in [0.15, 0.2) is 5.96 Å². The van der Waals surface area contributed by atoms with E-state index in [1.807, 2.05) is 31.3 Å². The van der Waals surface area contributed by atoms with Gasteiger partial charge < -0.3 is 15.5 Å². The lowest BCUT2D eigenvalue weighted by Gasteiger charge is -2.19. The van der Waals surface area contributed by atoms with Crippen molar-refractivity contribution in [1.29, 1.82) is 0 Å². The standard InChI is InChI=1S/C20H25ClN4.HI/c1-22-20(23-13-16-7-9-18(21)10-8-16)24-14-17-11-12-25(15-17)19-5-3-2-4-6-19;/h2-10,17H,11-15H2,1H3,(H2,22,23,24);1H. The van der Waals surface area contributed by atoms with Gasteiger partial charge in [-0.1, -0.05) is 41.9 Å². The third kappa shape index (κ3) is 6.06. The Morgan fingerprint density at radius 1 is 1.12 bits per heavy atom. The molecule has 2 N–H and O–H groups in total. The Kier molecular flexibility index (Phi) is 8.51. The first kappa shape index (κ1) is 20.8. The number of nitrogens with one attached hydrogen (secondary N) is 2. The van der Waals surface area contributed by atoms with Crippen LogP contribution in [0, 0.1) is 5.92 Å². The number of hydrogen-bond donors (Lipinski definition) is 2. The third-order valence-electron chi connectivity index (χ3n) is 4.56. The predicted molar refractivity (Wildman–Crippen MR) is 122 cm³/mol. The van der Waals surface area contributed by atoms with Crippen molar-refractivity contribution in [2.24, 2.45) is 10.9 Å². The van der Waals surface area contributed by atoms with Crippen molar-refractivity contribution >= 4 is 47.2 Å². The molecule has 26 heavy (non-hydrogen) atoms. The largest absolute Gasteiger partial charge is 0.371 e. The average Bonchev–Trinajstić information content (AvgIpc) is 3.13. The second kappa shape index (κ2) is 10.6. The van der Waals surface area contributed by atoms with E-state index in [1.54, 1.807) is 0 Å². The van der Waals surface area contributed by atoms with Crippen LogP contribution in [0.5, 0.6) is 0 Å². The van der Waals surface area contributed by atoms with Crippen molar-refractivity contribution in [3.8, 4) is 0 Å². The van der Waals surface area contributed by atoms with Gasteiger partial charge in [-0.15, -0.1) is 24.0 Å². The molecule has 0 radical (unpaired) electrons. The first-order valence-corrected chi connectivity index (χ1v) is 9.11. The van der Waals surface area contributed by atoms with Crippen LogP contribution in [0.2, 0.25) is 5.02 Å². The molecule has 0 aromatic heterocycles. The Hall–Kier alpha value is -1.47. The summed E-state index contributed by atoms with van der Waals surface area (Å²) in [7, 11) is 1.81. The van der Waals surface area contributed by atoms with Crippen LogP contribution in [0.1, 0.15) is 12.0 Å². The molecule has 1 atom stereocenters. The summed E-state index contributed by atoms with van der Waals surface area (Å²) in [6.45, 7) is 3.87. The van der Waals surface area contributed by atoms with Crippen LogP contribution in [0.4, 0.5) is 5.69 Å². The molecule has 0 bridgehead atoms. The minimum atomic E-state index is 0. The van der Waals surface area contributed by atoms with Crippen LogP contribution in [-0.4, -0.2) is 32.6 Å². The Morgan fingerprint density at radius 3 is 2.54 bits per heavy atom. The van der Waals surface area contributed by atoms with Gasteiger partial charge in [0.25, 0.3) is 0 Å². The van der Waals surface area contributed by atoms with E-state index in [4.69, 9.17) is 11.6 Å². The van der Waals surface area contributed by atoms with E-state index in [-0.39, 0.29) is 24.0 Å². The quantitative estimate of drug-likeness (QED) is 0.380. The van der Waals surface area contributed by atoms with Crippen molar-refractivity contribution in [3.63, 3.8) is 0 Å². The van der Waals surface area contributed by atoms with E-state index in [0.29, 0.717) is 5.92 Å². The molecule has 0 amide bonds. The molecule has 4 nitrogen and oxygen atoms in total. The Morgan fingerprint density at radius 2 is 1.85 bits per heavy atom. The van der Waals surface area contributed by atoms with Gasteiger partial charge >= 0.3 is 0 Å². The molecule has 0 spiro atoms. The lowest BCUT2D eigenvalue weighted by Crippen LogP contribution is -2.39. The molecule has 0 aliphatic carbocycles. The minimum absolute atomic E-state index is 0. The van der Waals surface area contributed by atoms with E-state index in [2.05, 4.69) is 50.9 Å². The van der Waals surface area contributed by atoms with Gasteiger partial charge in [-0.25, -0.2) is 0 Å². The zero-order valence-corrected chi connectivity index (χ0v) is 18.1. The van der Waals surface area contributed by atoms with Crippen molar-refractivity contribution in [2.45, 2.75) is 13.0 Å². The second-order valence-electron chi connectivity index (χ2n) is 6.37. The molecule has 1 aliphatic heterocycles. The van der Waals surface area contributed by atoms with Crippen LogP contribution in [0.3, 0.4) is 0 Å². The van der Waals surface area contributed by atoms with Gasteiger partial charge in [-0.05, 0) is 42.2 Å². The fourth-order valence-electron chi connectivity index (χ4n) is 3.12. The van der Waals surface area contributed by atoms with Crippen LogP contribution < -0.4 is 15.5 Å². The van der Waals surface area contributed by atoms with E-state index in [9.17, 15) is 0 Å². The number of anilines is 1. The summed E-state index contributed by atoms with van der Waals surface area (Å²) < 4.78 is 0. The fourth-order valence-corrected chi connectivity index (χ4v) is 3.25. The number of aliphatic imine (C=N–C) groups is 1. The summed E-state index contributed by atoms with van der Waals surface area (Å²) >= 11 is 5.92. The SMILES string of the molecule is CN=C(NCc1ccc(Cl)cc1)NCC1CCN(c2ccccc2)C1.I. The molecule has 1 fully saturated rings. The Balaban J connectivity index is 0.00000243.